The Morgan fingerprint density at radius 2 is 1.61 bits per heavy atom. The van der Waals surface area contributed by atoms with Crippen molar-refractivity contribution in [1.82, 2.24) is 4.90 Å². The third-order valence-corrected chi connectivity index (χ3v) is 4.50. The smallest absolute Gasteiger partial charge is 0.0555 e. The first-order valence-electron chi connectivity index (χ1n) is 7.52. The average molecular weight is 255 g/mol. The summed E-state index contributed by atoms with van der Waals surface area (Å²) in [5.41, 5.74) is 0.503. The van der Waals surface area contributed by atoms with Gasteiger partial charge in [0.05, 0.1) is 6.10 Å². The molecule has 0 amide bonds. The molecular formula is C16H33NO. The number of aliphatic hydroxyl groups excluding tert-OH is 1. The van der Waals surface area contributed by atoms with Gasteiger partial charge < -0.3 is 5.11 Å². The van der Waals surface area contributed by atoms with Crippen LogP contribution in [0.5, 0.6) is 0 Å². The van der Waals surface area contributed by atoms with Crippen molar-refractivity contribution in [3.05, 3.63) is 0 Å². The van der Waals surface area contributed by atoms with Gasteiger partial charge in [0.25, 0.3) is 0 Å². The molecule has 0 heterocycles. The van der Waals surface area contributed by atoms with Gasteiger partial charge in [0.15, 0.2) is 0 Å². The predicted octanol–water partition coefficient (Wildman–Crippen LogP) is 3.68. The van der Waals surface area contributed by atoms with Crippen molar-refractivity contribution in [3.8, 4) is 0 Å². The van der Waals surface area contributed by atoms with Crippen LogP contribution in [-0.2, 0) is 0 Å². The topological polar surface area (TPSA) is 23.5 Å². The Labute approximate surface area is 114 Å². The Kier molecular flexibility index (Phi) is 4.88. The first-order valence-corrected chi connectivity index (χ1v) is 7.52. The highest BCUT2D eigenvalue weighted by Crippen LogP contribution is 2.42. The number of nitrogens with zero attached hydrogens (tertiary/aromatic N) is 1. The van der Waals surface area contributed by atoms with Gasteiger partial charge in [0.1, 0.15) is 0 Å². The summed E-state index contributed by atoms with van der Waals surface area (Å²) in [6.45, 7) is 17.2. The Morgan fingerprint density at radius 3 is 2.00 bits per heavy atom. The highest BCUT2D eigenvalue weighted by molar-refractivity contribution is 4.95. The molecular weight excluding hydrogens is 222 g/mol. The fourth-order valence-corrected chi connectivity index (χ4v) is 3.69. The number of hydrogen-bond acceptors (Lipinski definition) is 2. The van der Waals surface area contributed by atoms with Crippen LogP contribution in [0.3, 0.4) is 0 Å². The molecule has 0 radical (unpaired) electrons. The Morgan fingerprint density at radius 1 is 1.06 bits per heavy atom. The summed E-state index contributed by atoms with van der Waals surface area (Å²) in [4.78, 5) is 2.59. The second-order valence-electron chi connectivity index (χ2n) is 7.96. The second-order valence-corrected chi connectivity index (χ2v) is 7.96. The lowest BCUT2D eigenvalue weighted by Gasteiger charge is -2.51. The molecule has 1 N–H and O–H groups in total. The van der Waals surface area contributed by atoms with E-state index in [4.69, 9.17) is 0 Å². The van der Waals surface area contributed by atoms with E-state index in [1.807, 2.05) is 0 Å². The molecule has 0 aromatic carbocycles. The molecule has 2 heteroatoms. The highest BCUT2D eigenvalue weighted by Gasteiger charge is 2.42. The van der Waals surface area contributed by atoms with E-state index < -0.39 is 0 Å². The van der Waals surface area contributed by atoms with Crippen molar-refractivity contribution in [2.45, 2.75) is 85.4 Å². The second kappa shape index (κ2) is 5.50. The zero-order chi connectivity index (χ0) is 14.1. The minimum Gasteiger partial charge on any atom is -0.393 e. The van der Waals surface area contributed by atoms with E-state index in [-0.39, 0.29) is 11.6 Å². The van der Waals surface area contributed by atoms with Crippen LogP contribution in [0, 0.1) is 11.3 Å². The summed E-state index contributed by atoms with van der Waals surface area (Å²) < 4.78 is 0. The van der Waals surface area contributed by atoms with Crippen LogP contribution in [0.2, 0.25) is 0 Å². The van der Waals surface area contributed by atoms with Crippen molar-refractivity contribution in [3.63, 3.8) is 0 Å². The van der Waals surface area contributed by atoms with Crippen LogP contribution in [0.25, 0.3) is 0 Å². The van der Waals surface area contributed by atoms with Crippen molar-refractivity contribution in [2.24, 2.45) is 11.3 Å². The van der Waals surface area contributed by atoms with Crippen LogP contribution in [-0.4, -0.2) is 34.2 Å². The summed E-state index contributed by atoms with van der Waals surface area (Å²) in [6.07, 6.45) is 2.96. The molecule has 0 aromatic rings. The van der Waals surface area contributed by atoms with E-state index in [0.717, 1.165) is 25.8 Å². The molecule has 1 rings (SSSR count). The maximum absolute atomic E-state index is 10.0. The highest BCUT2D eigenvalue weighted by atomic mass is 16.3. The molecule has 0 bridgehead atoms. The van der Waals surface area contributed by atoms with E-state index in [9.17, 15) is 5.11 Å². The number of aliphatic hydroxyl groups is 1. The zero-order valence-corrected chi connectivity index (χ0v) is 13.5. The monoisotopic (exact) mass is 255 g/mol. The fraction of sp³-hybridized carbons (Fsp3) is 1.00. The summed E-state index contributed by atoms with van der Waals surface area (Å²) in [6, 6.07) is 0.513. The van der Waals surface area contributed by atoms with Crippen LogP contribution in [0.1, 0.15) is 67.7 Å². The molecule has 1 aliphatic rings. The van der Waals surface area contributed by atoms with Gasteiger partial charge in [-0.2, -0.15) is 0 Å². The van der Waals surface area contributed by atoms with Crippen LogP contribution in [0.4, 0.5) is 0 Å². The molecule has 2 nitrogen and oxygen atoms in total. The van der Waals surface area contributed by atoms with Crippen molar-refractivity contribution >= 4 is 0 Å². The predicted molar refractivity (Wildman–Crippen MR) is 78.7 cm³/mol. The van der Waals surface area contributed by atoms with Crippen LogP contribution < -0.4 is 0 Å². The van der Waals surface area contributed by atoms with Gasteiger partial charge in [-0.05, 0) is 57.9 Å². The molecule has 0 aromatic heterocycles. The third kappa shape index (κ3) is 3.71. The van der Waals surface area contributed by atoms with Gasteiger partial charge in [0.2, 0.25) is 0 Å². The molecule has 1 fully saturated rings. The summed E-state index contributed by atoms with van der Waals surface area (Å²) in [5.74, 6) is 0.681. The van der Waals surface area contributed by atoms with Gasteiger partial charge in [-0.25, -0.2) is 0 Å². The Balaban J connectivity index is 2.97. The number of rotatable bonds is 2. The summed E-state index contributed by atoms with van der Waals surface area (Å²) in [5, 5.41) is 10.0. The molecule has 1 saturated carbocycles. The minimum absolute atomic E-state index is 0.106. The molecule has 0 spiro atoms. The van der Waals surface area contributed by atoms with E-state index in [0.29, 0.717) is 17.4 Å². The normalized spacial score (nSPS) is 30.8. The first-order chi connectivity index (χ1) is 8.07. The average Bonchev–Trinajstić information content (AvgIpc) is 2.14. The maximum atomic E-state index is 10.0. The van der Waals surface area contributed by atoms with E-state index in [1.54, 1.807) is 0 Å². The van der Waals surface area contributed by atoms with Crippen molar-refractivity contribution < 1.29 is 5.11 Å². The molecule has 0 saturated heterocycles. The van der Waals surface area contributed by atoms with Gasteiger partial charge in [-0.3, -0.25) is 4.90 Å². The third-order valence-electron chi connectivity index (χ3n) is 4.50. The molecule has 0 aliphatic heterocycles. The Hall–Kier alpha value is -0.0800. The Bertz CT molecular complexity index is 245. The molecule has 108 valence electrons. The fourth-order valence-electron chi connectivity index (χ4n) is 3.69. The molecule has 3 unspecified atom stereocenters. The lowest BCUT2D eigenvalue weighted by Crippen LogP contribution is -2.56. The number of hydrogen-bond donors (Lipinski definition) is 1. The van der Waals surface area contributed by atoms with E-state index in [2.05, 4.69) is 53.4 Å². The van der Waals surface area contributed by atoms with Crippen molar-refractivity contribution in [2.75, 3.05) is 6.54 Å². The van der Waals surface area contributed by atoms with E-state index in [1.165, 1.54) is 0 Å². The van der Waals surface area contributed by atoms with E-state index >= 15 is 0 Å². The van der Waals surface area contributed by atoms with Gasteiger partial charge in [-0.1, -0.05) is 27.7 Å². The zero-order valence-electron chi connectivity index (χ0n) is 13.5. The molecule has 3 atom stereocenters. The standard InChI is InChI=1S/C16H33NO/c1-8-17(16(5,6)7)14-11-12(18)9-10-13(14)15(2,3)4/h12-14,18H,8-11H2,1-7H3. The lowest BCUT2D eigenvalue weighted by molar-refractivity contribution is -0.0429. The van der Waals surface area contributed by atoms with Gasteiger partial charge in [0, 0.05) is 11.6 Å². The SMILES string of the molecule is CCN(C1CC(O)CCC1C(C)(C)C)C(C)(C)C. The molecule has 18 heavy (non-hydrogen) atoms. The summed E-state index contributed by atoms with van der Waals surface area (Å²) >= 11 is 0. The van der Waals surface area contributed by atoms with Crippen molar-refractivity contribution in [1.29, 1.82) is 0 Å². The summed E-state index contributed by atoms with van der Waals surface area (Å²) in [7, 11) is 0. The molecule has 1 aliphatic carbocycles. The largest absolute Gasteiger partial charge is 0.393 e. The van der Waals surface area contributed by atoms with Gasteiger partial charge >= 0.3 is 0 Å². The first kappa shape index (κ1) is 16.0. The maximum Gasteiger partial charge on any atom is 0.0555 e. The minimum atomic E-state index is -0.106. The quantitative estimate of drug-likeness (QED) is 0.813. The van der Waals surface area contributed by atoms with Crippen LogP contribution >= 0.6 is 0 Å². The van der Waals surface area contributed by atoms with Gasteiger partial charge in [-0.15, -0.1) is 0 Å². The lowest BCUT2D eigenvalue weighted by atomic mass is 9.68. The van der Waals surface area contributed by atoms with Crippen LogP contribution in [0.15, 0.2) is 0 Å².